The molecular formula is C7H6Cl2N6O. The number of anilines is 1. The van der Waals surface area contributed by atoms with Crippen LogP contribution in [0.5, 0.6) is 0 Å². The molecule has 0 amide bonds. The minimum atomic E-state index is 0.0321. The largest absolute Gasteiger partial charge is 0.367 e. The van der Waals surface area contributed by atoms with Crippen LogP contribution in [-0.2, 0) is 6.42 Å². The van der Waals surface area contributed by atoms with E-state index in [1.165, 1.54) is 6.33 Å². The van der Waals surface area contributed by atoms with E-state index in [-0.39, 0.29) is 10.4 Å². The molecule has 2 heterocycles. The highest BCUT2D eigenvalue weighted by Gasteiger charge is 2.06. The molecule has 0 aliphatic carbocycles. The Kier molecular flexibility index (Phi) is 3.47. The van der Waals surface area contributed by atoms with Gasteiger partial charge in [0.1, 0.15) is 0 Å². The molecule has 0 radical (unpaired) electrons. The Morgan fingerprint density at radius 3 is 2.94 bits per heavy atom. The summed E-state index contributed by atoms with van der Waals surface area (Å²) < 4.78 is 4.82. The number of hydrogen-bond acceptors (Lipinski definition) is 7. The topological polar surface area (TPSA) is 89.6 Å². The van der Waals surface area contributed by atoms with Gasteiger partial charge < -0.3 is 9.84 Å². The SMILES string of the molecule is Clc1nnc(Cl)c(NCCc2ncno2)n1. The normalized spacial score (nSPS) is 10.4. The molecule has 0 spiro atoms. The van der Waals surface area contributed by atoms with Crippen LogP contribution in [-0.4, -0.2) is 31.9 Å². The fourth-order valence-electron chi connectivity index (χ4n) is 1.000. The number of halogens is 2. The van der Waals surface area contributed by atoms with Gasteiger partial charge in [-0.2, -0.15) is 9.97 Å². The molecule has 0 aliphatic rings. The Bertz CT molecular complexity index is 462. The van der Waals surface area contributed by atoms with Gasteiger partial charge in [-0.25, -0.2) is 0 Å². The molecule has 84 valence electrons. The smallest absolute Gasteiger partial charge is 0.245 e. The molecule has 2 aromatic rings. The van der Waals surface area contributed by atoms with E-state index in [2.05, 4.69) is 30.6 Å². The highest BCUT2D eigenvalue weighted by atomic mass is 35.5. The predicted octanol–water partition coefficient (Wildman–Crippen LogP) is 1.22. The first-order valence-corrected chi connectivity index (χ1v) is 5.06. The number of aromatic nitrogens is 5. The van der Waals surface area contributed by atoms with E-state index in [0.717, 1.165) is 0 Å². The third-order valence-corrected chi connectivity index (χ3v) is 2.07. The Hall–Kier alpha value is -1.47. The summed E-state index contributed by atoms with van der Waals surface area (Å²) in [7, 11) is 0. The molecule has 7 nitrogen and oxygen atoms in total. The molecule has 2 aromatic heterocycles. The average Bonchev–Trinajstić information content (AvgIpc) is 2.76. The highest BCUT2D eigenvalue weighted by Crippen LogP contribution is 2.16. The van der Waals surface area contributed by atoms with Gasteiger partial charge in [0, 0.05) is 13.0 Å². The lowest BCUT2D eigenvalue weighted by Gasteiger charge is -2.03. The number of rotatable bonds is 4. The molecule has 0 aromatic carbocycles. The summed E-state index contributed by atoms with van der Waals surface area (Å²) in [5.74, 6) is 0.901. The van der Waals surface area contributed by atoms with Crippen LogP contribution < -0.4 is 5.32 Å². The lowest BCUT2D eigenvalue weighted by molar-refractivity contribution is 0.379. The molecule has 0 bridgehead atoms. The maximum atomic E-state index is 5.75. The zero-order valence-electron chi connectivity index (χ0n) is 7.89. The molecule has 0 unspecified atom stereocenters. The second-order valence-electron chi connectivity index (χ2n) is 2.73. The van der Waals surface area contributed by atoms with Crippen molar-refractivity contribution in [2.75, 3.05) is 11.9 Å². The highest BCUT2D eigenvalue weighted by molar-refractivity contribution is 6.32. The van der Waals surface area contributed by atoms with Crippen LogP contribution in [0, 0.1) is 0 Å². The van der Waals surface area contributed by atoms with E-state index in [1.54, 1.807) is 0 Å². The van der Waals surface area contributed by atoms with Crippen molar-refractivity contribution in [1.29, 1.82) is 0 Å². The standard InChI is InChI=1S/C7H6Cl2N6O/c8-5-6(13-7(9)15-14-5)10-2-1-4-11-3-12-16-4/h3H,1-2H2,(H,10,13,15). The van der Waals surface area contributed by atoms with Gasteiger partial charge in [0.15, 0.2) is 17.3 Å². The Morgan fingerprint density at radius 2 is 2.19 bits per heavy atom. The van der Waals surface area contributed by atoms with Gasteiger partial charge in [0.2, 0.25) is 11.2 Å². The summed E-state index contributed by atoms with van der Waals surface area (Å²) in [5.41, 5.74) is 0. The molecule has 0 saturated carbocycles. The van der Waals surface area contributed by atoms with Crippen molar-refractivity contribution >= 4 is 29.0 Å². The Labute approximate surface area is 100 Å². The van der Waals surface area contributed by atoms with Gasteiger partial charge in [-0.05, 0) is 11.6 Å². The van der Waals surface area contributed by atoms with Crippen molar-refractivity contribution in [3.63, 3.8) is 0 Å². The number of nitrogens with one attached hydrogen (secondary N) is 1. The fourth-order valence-corrected chi connectivity index (χ4v) is 1.27. The van der Waals surface area contributed by atoms with Crippen molar-refractivity contribution in [2.45, 2.75) is 6.42 Å². The van der Waals surface area contributed by atoms with Gasteiger partial charge in [-0.3, -0.25) is 0 Å². The van der Waals surface area contributed by atoms with Crippen LogP contribution in [0.15, 0.2) is 10.9 Å². The van der Waals surface area contributed by atoms with E-state index in [9.17, 15) is 0 Å². The maximum absolute atomic E-state index is 5.75. The maximum Gasteiger partial charge on any atom is 0.245 e. The van der Waals surface area contributed by atoms with Crippen molar-refractivity contribution in [3.8, 4) is 0 Å². The van der Waals surface area contributed by atoms with Crippen molar-refractivity contribution in [2.24, 2.45) is 0 Å². The van der Waals surface area contributed by atoms with Crippen LogP contribution in [0.25, 0.3) is 0 Å². The summed E-state index contributed by atoms with van der Waals surface area (Å²) in [6.07, 6.45) is 1.89. The Balaban J connectivity index is 1.92. The molecule has 1 N–H and O–H groups in total. The quantitative estimate of drug-likeness (QED) is 0.884. The third-order valence-electron chi connectivity index (χ3n) is 1.66. The van der Waals surface area contributed by atoms with Crippen molar-refractivity contribution < 1.29 is 4.52 Å². The van der Waals surface area contributed by atoms with Gasteiger partial charge in [-0.1, -0.05) is 16.8 Å². The minimum absolute atomic E-state index is 0.0321. The van der Waals surface area contributed by atoms with Gasteiger partial charge >= 0.3 is 0 Å². The monoisotopic (exact) mass is 260 g/mol. The van der Waals surface area contributed by atoms with Crippen molar-refractivity contribution in [1.82, 2.24) is 25.3 Å². The summed E-state index contributed by atoms with van der Waals surface area (Å²) in [5, 5.41) is 13.7. The first-order valence-electron chi connectivity index (χ1n) is 4.31. The number of hydrogen-bond donors (Lipinski definition) is 1. The molecule has 16 heavy (non-hydrogen) atoms. The molecule has 0 fully saturated rings. The molecular weight excluding hydrogens is 255 g/mol. The average molecular weight is 261 g/mol. The second kappa shape index (κ2) is 5.04. The van der Waals surface area contributed by atoms with E-state index >= 15 is 0 Å². The van der Waals surface area contributed by atoms with Crippen LogP contribution >= 0.6 is 23.2 Å². The summed E-state index contributed by atoms with van der Waals surface area (Å²) in [4.78, 5) is 7.74. The minimum Gasteiger partial charge on any atom is -0.367 e. The Morgan fingerprint density at radius 1 is 1.31 bits per heavy atom. The van der Waals surface area contributed by atoms with E-state index in [1.807, 2.05) is 0 Å². The van der Waals surface area contributed by atoms with Gasteiger partial charge in [-0.15, -0.1) is 10.2 Å². The summed E-state index contributed by atoms with van der Waals surface area (Å²) in [6, 6.07) is 0. The first kappa shape index (κ1) is 11.0. The zero-order chi connectivity index (χ0) is 11.4. The molecule has 0 aliphatic heterocycles. The van der Waals surface area contributed by atoms with Crippen LogP contribution in [0.3, 0.4) is 0 Å². The third kappa shape index (κ3) is 2.77. The molecule has 2 rings (SSSR count). The van der Waals surface area contributed by atoms with E-state index in [4.69, 9.17) is 27.7 Å². The number of nitrogens with zero attached hydrogens (tertiary/aromatic N) is 5. The predicted molar refractivity (Wildman–Crippen MR) is 56.3 cm³/mol. The van der Waals surface area contributed by atoms with Crippen LogP contribution in [0.2, 0.25) is 10.4 Å². The fraction of sp³-hybridized carbons (Fsp3) is 0.286. The summed E-state index contributed by atoms with van der Waals surface area (Å²) >= 11 is 11.3. The molecule has 9 heteroatoms. The van der Waals surface area contributed by atoms with Crippen LogP contribution in [0.1, 0.15) is 5.89 Å². The van der Waals surface area contributed by atoms with Gasteiger partial charge in [0.25, 0.3) is 0 Å². The first-order chi connectivity index (χ1) is 7.75. The van der Waals surface area contributed by atoms with Crippen LogP contribution in [0.4, 0.5) is 5.82 Å². The zero-order valence-corrected chi connectivity index (χ0v) is 9.40. The molecule has 0 saturated heterocycles. The van der Waals surface area contributed by atoms with Crippen molar-refractivity contribution in [3.05, 3.63) is 22.7 Å². The lowest BCUT2D eigenvalue weighted by Crippen LogP contribution is -2.08. The van der Waals surface area contributed by atoms with E-state index < -0.39 is 0 Å². The van der Waals surface area contributed by atoms with E-state index in [0.29, 0.717) is 24.7 Å². The summed E-state index contributed by atoms with van der Waals surface area (Å²) in [6.45, 7) is 0.525. The molecule has 0 atom stereocenters. The second-order valence-corrected chi connectivity index (χ2v) is 3.43. The lowest BCUT2D eigenvalue weighted by atomic mass is 10.4. The van der Waals surface area contributed by atoms with Gasteiger partial charge in [0.05, 0.1) is 0 Å².